The van der Waals surface area contributed by atoms with E-state index in [1.807, 2.05) is 0 Å². The van der Waals surface area contributed by atoms with Gasteiger partial charge in [0.1, 0.15) is 45.2 Å². The summed E-state index contributed by atoms with van der Waals surface area (Å²) < 4.78 is 39.3. The monoisotopic (exact) mass is 647 g/mol. The number of anilines is 1. The van der Waals surface area contributed by atoms with Gasteiger partial charge in [0, 0.05) is 42.9 Å². The number of fused-ring (bicyclic) bond motifs is 2. The highest BCUT2D eigenvalue weighted by atomic mass is 35.5. The van der Waals surface area contributed by atoms with Crippen molar-refractivity contribution in [3.63, 3.8) is 0 Å². The first-order chi connectivity index (χ1) is 21.9. The van der Waals surface area contributed by atoms with Gasteiger partial charge < -0.3 is 23.9 Å². The standard InChI is InChI=1S/C33H27ClFN3O8/c1-14-12-17-22(28(39)33(14)29(40)24-20(43-4)13-21(44-5)26(34)27(24)46-33)23(25-30(36-17)37(2)32(42)38(3)31(25)41)19-11-10-18(45-19)15-6-8-16(35)9-7-15/h6-11,13-14,23,36H,12H2,1-5H3/t14-,23+,33+/m1/s1. The van der Waals surface area contributed by atoms with Crippen LogP contribution in [0, 0.1) is 11.7 Å². The number of furan rings is 1. The number of benzene rings is 2. The predicted molar refractivity (Wildman–Crippen MR) is 165 cm³/mol. The average molecular weight is 648 g/mol. The van der Waals surface area contributed by atoms with Crippen LogP contribution in [0.15, 0.2) is 67.7 Å². The van der Waals surface area contributed by atoms with Crippen molar-refractivity contribution in [1.29, 1.82) is 0 Å². The second-order valence-electron chi connectivity index (χ2n) is 11.5. The highest BCUT2D eigenvalue weighted by molar-refractivity contribution is 6.36. The van der Waals surface area contributed by atoms with Crippen molar-refractivity contribution >= 4 is 29.0 Å². The summed E-state index contributed by atoms with van der Waals surface area (Å²) in [6.45, 7) is 1.71. The molecule has 3 aliphatic rings. The summed E-state index contributed by atoms with van der Waals surface area (Å²) in [7, 11) is 5.63. The summed E-state index contributed by atoms with van der Waals surface area (Å²) in [6, 6.07) is 10.4. The predicted octanol–water partition coefficient (Wildman–Crippen LogP) is 4.59. The number of ketones is 2. The van der Waals surface area contributed by atoms with Crippen LogP contribution in [-0.4, -0.2) is 40.5 Å². The Balaban J connectivity index is 1.45. The van der Waals surface area contributed by atoms with Crippen molar-refractivity contribution in [2.24, 2.45) is 20.0 Å². The number of methoxy groups -OCH3 is 2. The van der Waals surface area contributed by atoms with Crippen LogP contribution in [-0.2, 0) is 18.9 Å². The highest BCUT2D eigenvalue weighted by Crippen LogP contribution is 2.56. The van der Waals surface area contributed by atoms with Gasteiger partial charge in [-0.1, -0.05) is 18.5 Å². The number of aromatic nitrogens is 2. The molecule has 1 spiro atoms. The van der Waals surface area contributed by atoms with E-state index in [4.69, 9.17) is 30.2 Å². The molecule has 236 valence electrons. The molecular formula is C33H27ClFN3O8. The van der Waals surface area contributed by atoms with E-state index in [9.17, 15) is 23.6 Å². The molecule has 7 rings (SSSR count). The molecule has 0 unspecified atom stereocenters. The number of allylic oxidation sites excluding steroid dienone is 1. The second kappa shape index (κ2) is 10.2. The molecule has 13 heteroatoms. The van der Waals surface area contributed by atoms with Gasteiger partial charge in [0.2, 0.25) is 17.2 Å². The number of ether oxygens (including phenoxy) is 3. The van der Waals surface area contributed by atoms with Crippen molar-refractivity contribution in [3.8, 4) is 28.6 Å². The Kier molecular flexibility index (Phi) is 6.57. The maximum atomic E-state index is 15.0. The van der Waals surface area contributed by atoms with Gasteiger partial charge in [0.15, 0.2) is 5.75 Å². The second-order valence-corrected chi connectivity index (χ2v) is 11.9. The largest absolute Gasteiger partial charge is 0.496 e. The van der Waals surface area contributed by atoms with Crippen LogP contribution in [0.5, 0.6) is 17.2 Å². The number of nitrogens with one attached hydrogen (secondary N) is 1. The Labute approximate surface area is 265 Å². The van der Waals surface area contributed by atoms with Gasteiger partial charge >= 0.3 is 5.69 Å². The van der Waals surface area contributed by atoms with E-state index in [1.54, 1.807) is 19.1 Å². The van der Waals surface area contributed by atoms with Gasteiger partial charge in [-0.3, -0.25) is 23.5 Å². The molecule has 11 nitrogen and oxygen atoms in total. The van der Waals surface area contributed by atoms with Gasteiger partial charge in [-0.2, -0.15) is 0 Å². The lowest BCUT2D eigenvalue weighted by atomic mass is 9.66. The van der Waals surface area contributed by atoms with E-state index in [1.165, 1.54) is 63.2 Å². The molecular weight excluding hydrogens is 621 g/mol. The Morgan fingerprint density at radius 1 is 0.978 bits per heavy atom. The fraction of sp³-hybridized carbons (Fsp3) is 0.273. The lowest BCUT2D eigenvalue weighted by Crippen LogP contribution is -2.58. The number of rotatable bonds is 4. The van der Waals surface area contributed by atoms with E-state index in [0.717, 1.165) is 4.57 Å². The molecule has 1 N–H and O–H groups in total. The number of nitrogens with zero attached hydrogens (tertiary/aromatic N) is 2. The van der Waals surface area contributed by atoms with Crippen LogP contribution in [0.25, 0.3) is 11.3 Å². The summed E-state index contributed by atoms with van der Waals surface area (Å²) in [4.78, 5) is 56.2. The molecule has 0 radical (unpaired) electrons. The minimum absolute atomic E-state index is 0.00538. The van der Waals surface area contributed by atoms with Crippen LogP contribution < -0.4 is 30.8 Å². The van der Waals surface area contributed by atoms with Crippen molar-refractivity contribution in [2.45, 2.75) is 24.9 Å². The first kappa shape index (κ1) is 29.6. The molecule has 0 amide bonds. The lowest BCUT2D eigenvalue weighted by Gasteiger charge is -2.42. The zero-order valence-corrected chi connectivity index (χ0v) is 26.1. The van der Waals surface area contributed by atoms with Crippen molar-refractivity contribution in [1.82, 2.24) is 9.13 Å². The molecule has 1 aliphatic carbocycles. The Morgan fingerprint density at radius 2 is 1.67 bits per heavy atom. The zero-order chi connectivity index (χ0) is 32.8. The molecule has 4 heterocycles. The summed E-state index contributed by atoms with van der Waals surface area (Å²) in [6.07, 6.45) is 0.128. The molecule has 2 aromatic carbocycles. The van der Waals surface area contributed by atoms with E-state index in [0.29, 0.717) is 17.0 Å². The quantitative estimate of drug-likeness (QED) is 0.316. The van der Waals surface area contributed by atoms with Gasteiger partial charge in [-0.15, -0.1) is 0 Å². The fourth-order valence-corrected chi connectivity index (χ4v) is 7.02. The average Bonchev–Trinajstić information content (AvgIpc) is 3.66. The highest BCUT2D eigenvalue weighted by Gasteiger charge is 2.64. The maximum Gasteiger partial charge on any atom is 0.332 e. The van der Waals surface area contributed by atoms with Crippen molar-refractivity contribution < 1.29 is 32.6 Å². The third kappa shape index (κ3) is 3.82. The van der Waals surface area contributed by atoms with Crippen LogP contribution in [0.2, 0.25) is 5.02 Å². The van der Waals surface area contributed by atoms with Gasteiger partial charge in [0.25, 0.3) is 5.56 Å². The van der Waals surface area contributed by atoms with Crippen molar-refractivity contribution in [2.75, 3.05) is 19.5 Å². The molecule has 3 atom stereocenters. The number of Topliss-reactive ketones (excluding diaryl/α,β-unsaturated/α-hetero) is 2. The number of hydrogen-bond acceptors (Lipinski definition) is 9. The smallest absolute Gasteiger partial charge is 0.332 e. The Bertz CT molecular complexity index is 2160. The van der Waals surface area contributed by atoms with E-state index < -0.39 is 46.1 Å². The number of hydrogen-bond donors (Lipinski definition) is 1. The Morgan fingerprint density at radius 3 is 2.35 bits per heavy atom. The molecule has 0 saturated carbocycles. The van der Waals surface area contributed by atoms with Gasteiger partial charge in [-0.25, -0.2) is 9.18 Å². The molecule has 4 aromatic rings. The third-order valence-electron chi connectivity index (χ3n) is 9.12. The molecule has 0 bridgehead atoms. The number of carbonyl (C=O) groups excluding carboxylic acids is 2. The molecule has 2 aliphatic heterocycles. The van der Waals surface area contributed by atoms with Crippen molar-refractivity contribution in [3.05, 3.63) is 102 Å². The summed E-state index contributed by atoms with van der Waals surface area (Å²) in [5.41, 5.74) is -2.16. The lowest BCUT2D eigenvalue weighted by molar-refractivity contribution is -0.130. The molecule has 0 fully saturated rings. The summed E-state index contributed by atoms with van der Waals surface area (Å²) >= 11 is 6.61. The molecule has 0 saturated heterocycles. The van der Waals surface area contributed by atoms with Crippen LogP contribution in [0.3, 0.4) is 0 Å². The van der Waals surface area contributed by atoms with E-state index in [-0.39, 0.29) is 57.0 Å². The summed E-state index contributed by atoms with van der Waals surface area (Å²) in [5.74, 6) is -2.60. The minimum Gasteiger partial charge on any atom is -0.496 e. The molecule has 2 aromatic heterocycles. The minimum atomic E-state index is -2.06. The van der Waals surface area contributed by atoms with E-state index >= 15 is 0 Å². The SMILES string of the molecule is COc1cc(OC)c2c(c1Cl)O[C@@]1(C(=O)C3=C(C[C@H]1C)Nc1c(c(=O)n(C)c(=O)n1C)[C@H]3c1ccc(-c3ccc(F)cc3)o1)C2=O. The Hall–Kier alpha value is -5.10. The number of carbonyl (C=O) groups is 2. The normalized spacial score (nSPS) is 21.5. The zero-order valence-electron chi connectivity index (χ0n) is 25.3. The van der Waals surface area contributed by atoms with Gasteiger partial charge in [0.05, 0.1) is 25.7 Å². The maximum absolute atomic E-state index is 15.0. The topological polar surface area (TPSA) is 131 Å². The first-order valence-corrected chi connectivity index (χ1v) is 14.7. The van der Waals surface area contributed by atoms with Crippen LogP contribution in [0.4, 0.5) is 10.2 Å². The number of halogens is 2. The van der Waals surface area contributed by atoms with Crippen LogP contribution in [0.1, 0.15) is 40.9 Å². The first-order valence-electron chi connectivity index (χ1n) is 14.3. The van der Waals surface area contributed by atoms with E-state index in [2.05, 4.69) is 5.32 Å². The van der Waals surface area contributed by atoms with Gasteiger partial charge in [-0.05, 0) is 42.8 Å². The molecule has 46 heavy (non-hydrogen) atoms. The fourth-order valence-electron chi connectivity index (χ4n) is 6.75. The van der Waals surface area contributed by atoms with Crippen LogP contribution >= 0.6 is 11.6 Å². The summed E-state index contributed by atoms with van der Waals surface area (Å²) in [5, 5.41) is 3.17. The third-order valence-corrected chi connectivity index (χ3v) is 9.47.